The molecule has 2 fully saturated rings. The number of nitrogens with two attached hydrogens (primary N) is 1. The third-order valence-corrected chi connectivity index (χ3v) is 6.14. The van der Waals surface area contributed by atoms with Crippen LogP contribution >= 0.6 is 0 Å². The lowest BCUT2D eigenvalue weighted by molar-refractivity contribution is 0.189. The zero-order valence-corrected chi connectivity index (χ0v) is 16.2. The Morgan fingerprint density at radius 2 is 2.16 bits per heavy atom. The molecule has 0 amide bonds. The van der Waals surface area contributed by atoms with Crippen molar-refractivity contribution in [1.29, 1.82) is 0 Å². The van der Waals surface area contributed by atoms with Gasteiger partial charge in [-0.1, -0.05) is 37.1 Å². The van der Waals surface area contributed by atoms with E-state index in [1.165, 1.54) is 48.8 Å². The molecule has 0 saturated heterocycles. The van der Waals surface area contributed by atoms with Gasteiger partial charge in [-0.15, -0.1) is 0 Å². The van der Waals surface area contributed by atoms with E-state index < -0.39 is 5.54 Å². The van der Waals surface area contributed by atoms with E-state index in [-0.39, 0.29) is 6.61 Å². The van der Waals surface area contributed by atoms with Crippen molar-refractivity contribution in [2.24, 2.45) is 17.6 Å². The molecule has 0 aromatic rings. The summed E-state index contributed by atoms with van der Waals surface area (Å²) in [4.78, 5) is 0. The smallest absolute Gasteiger partial charge is 0.0611 e. The molecule has 3 N–H and O–H groups in total. The number of rotatable bonds is 8. The molecule has 0 spiro atoms. The van der Waals surface area contributed by atoms with Gasteiger partial charge in [0.2, 0.25) is 0 Å². The maximum atomic E-state index is 9.47. The molecule has 0 bridgehead atoms. The largest absolute Gasteiger partial charge is 0.394 e. The van der Waals surface area contributed by atoms with Crippen molar-refractivity contribution in [2.75, 3.05) is 20.3 Å². The minimum atomic E-state index is -0.393. The molecular weight excluding hydrogens is 310 g/mol. The van der Waals surface area contributed by atoms with Crippen molar-refractivity contribution in [3.63, 3.8) is 0 Å². The summed E-state index contributed by atoms with van der Waals surface area (Å²) >= 11 is 0. The second-order valence-electron chi connectivity index (χ2n) is 8.12. The van der Waals surface area contributed by atoms with Gasteiger partial charge in [0.05, 0.1) is 6.61 Å². The SMILES string of the molecule is C=C(/C=C1/CCC(CCCCOC)C/C1=C/C)[C@H]1CC[C@](N)(CO)C1. The molecular formula is C22H37NO2. The van der Waals surface area contributed by atoms with Crippen LogP contribution in [0.1, 0.15) is 64.7 Å². The van der Waals surface area contributed by atoms with Crippen LogP contribution in [0.15, 0.2) is 35.5 Å². The van der Waals surface area contributed by atoms with Gasteiger partial charge in [0.1, 0.15) is 0 Å². The quantitative estimate of drug-likeness (QED) is 0.635. The van der Waals surface area contributed by atoms with Crippen molar-refractivity contribution in [3.8, 4) is 0 Å². The lowest BCUT2D eigenvalue weighted by atomic mass is 9.78. The number of unbranched alkanes of at least 4 members (excludes halogenated alkanes) is 1. The molecule has 0 aromatic carbocycles. The van der Waals surface area contributed by atoms with E-state index in [2.05, 4.69) is 25.7 Å². The Balaban J connectivity index is 1.89. The molecule has 0 aromatic heterocycles. The Labute approximate surface area is 154 Å². The highest BCUT2D eigenvalue weighted by atomic mass is 16.5. The van der Waals surface area contributed by atoms with Crippen molar-refractivity contribution in [3.05, 3.63) is 35.5 Å². The molecule has 3 heteroatoms. The van der Waals surface area contributed by atoms with E-state index in [1.54, 1.807) is 7.11 Å². The molecule has 0 radical (unpaired) electrons. The highest BCUT2D eigenvalue weighted by Gasteiger charge is 2.36. The van der Waals surface area contributed by atoms with Gasteiger partial charge in [-0.05, 0) is 74.9 Å². The second kappa shape index (κ2) is 9.70. The highest BCUT2D eigenvalue weighted by Crippen LogP contribution is 2.40. The maximum absolute atomic E-state index is 9.47. The Hall–Kier alpha value is -0.900. The molecule has 0 heterocycles. The molecule has 2 rings (SSSR count). The summed E-state index contributed by atoms with van der Waals surface area (Å²) in [6.45, 7) is 7.45. The van der Waals surface area contributed by atoms with Crippen molar-refractivity contribution in [2.45, 2.75) is 70.3 Å². The number of ether oxygens (including phenoxy) is 1. The number of aliphatic hydroxyl groups excluding tert-OH is 1. The van der Waals surface area contributed by atoms with Gasteiger partial charge in [0.25, 0.3) is 0 Å². The van der Waals surface area contributed by atoms with Gasteiger partial charge in [-0.25, -0.2) is 0 Å². The average molecular weight is 348 g/mol. The Kier molecular flexibility index (Phi) is 7.92. The monoisotopic (exact) mass is 347 g/mol. The van der Waals surface area contributed by atoms with Gasteiger partial charge in [-0.2, -0.15) is 0 Å². The first-order valence-corrected chi connectivity index (χ1v) is 9.95. The third kappa shape index (κ3) is 5.80. The van der Waals surface area contributed by atoms with Crippen LogP contribution in [0.25, 0.3) is 0 Å². The van der Waals surface area contributed by atoms with E-state index in [0.29, 0.717) is 5.92 Å². The second-order valence-corrected chi connectivity index (χ2v) is 8.12. The van der Waals surface area contributed by atoms with Gasteiger partial charge in [0.15, 0.2) is 0 Å². The molecule has 0 aliphatic heterocycles. The summed E-state index contributed by atoms with van der Waals surface area (Å²) < 4.78 is 5.15. The van der Waals surface area contributed by atoms with Crippen LogP contribution in [-0.4, -0.2) is 31.0 Å². The number of hydrogen-bond donors (Lipinski definition) is 2. The fourth-order valence-electron chi connectivity index (χ4n) is 4.42. The molecule has 142 valence electrons. The van der Waals surface area contributed by atoms with Crippen LogP contribution in [0.2, 0.25) is 0 Å². The lowest BCUT2D eigenvalue weighted by Crippen LogP contribution is -2.40. The first-order chi connectivity index (χ1) is 12.0. The van der Waals surface area contributed by atoms with E-state index in [4.69, 9.17) is 10.5 Å². The van der Waals surface area contributed by atoms with E-state index in [1.807, 2.05) is 0 Å². The molecule has 3 atom stereocenters. The Morgan fingerprint density at radius 3 is 2.80 bits per heavy atom. The molecule has 2 aliphatic carbocycles. The van der Waals surface area contributed by atoms with Gasteiger partial charge in [-0.3, -0.25) is 0 Å². The first kappa shape index (κ1) is 20.4. The molecule has 25 heavy (non-hydrogen) atoms. The maximum Gasteiger partial charge on any atom is 0.0611 e. The zero-order chi connectivity index (χ0) is 18.3. The number of aliphatic hydroxyl groups is 1. The van der Waals surface area contributed by atoms with Crippen LogP contribution in [0.3, 0.4) is 0 Å². The predicted molar refractivity (Wildman–Crippen MR) is 105 cm³/mol. The topological polar surface area (TPSA) is 55.5 Å². The van der Waals surface area contributed by atoms with Crippen LogP contribution < -0.4 is 5.73 Å². The summed E-state index contributed by atoms with van der Waals surface area (Å²) in [5.74, 6) is 1.24. The summed E-state index contributed by atoms with van der Waals surface area (Å²) in [5, 5.41) is 9.47. The Morgan fingerprint density at radius 1 is 1.36 bits per heavy atom. The fourth-order valence-corrected chi connectivity index (χ4v) is 4.42. The summed E-state index contributed by atoms with van der Waals surface area (Å²) in [6.07, 6.45) is 14.8. The van der Waals surface area contributed by atoms with Crippen molar-refractivity contribution >= 4 is 0 Å². The lowest BCUT2D eigenvalue weighted by Gasteiger charge is -2.27. The zero-order valence-electron chi connectivity index (χ0n) is 16.2. The van der Waals surface area contributed by atoms with Crippen molar-refractivity contribution in [1.82, 2.24) is 0 Å². The summed E-state index contributed by atoms with van der Waals surface area (Å²) in [6, 6.07) is 0. The minimum absolute atomic E-state index is 0.0816. The standard InChI is InChI=1S/C22H37NO2/c1-4-19-14-18(7-5-6-12-25-3)8-9-20(19)13-17(2)21-10-11-22(23,15-21)16-24/h4,13,18,21,24H,2,5-12,14-16,23H2,1,3H3/b19-4-,20-13-/t18?,21-,22+/m0/s1. The van der Waals surface area contributed by atoms with E-state index in [9.17, 15) is 5.11 Å². The number of hydrogen-bond acceptors (Lipinski definition) is 3. The summed E-state index contributed by atoms with van der Waals surface area (Å²) in [5.41, 5.74) is 10.0. The van der Waals surface area contributed by atoms with Crippen LogP contribution in [0, 0.1) is 11.8 Å². The average Bonchev–Trinajstić information content (AvgIpc) is 3.03. The molecule has 2 saturated carbocycles. The van der Waals surface area contributed by atoms with E-state index in [0.717, 1.165) is 38.2 Å². The van der Waals surface area contributed by atoms with Crippen LogP contribution in [-0.2, 0) is 4.74 Å². The number of allylic oxidation sites excluding steroid dienone is 5. The minimum Gasteiger partial charge on any atom is -0.394 e. The first-order valence-electron chi connectivity index (χ1n) is 9.95. The third-order valence-electron chi connectivity index (χ3n) is 6.14. The normalized spacial score (nSPS) is 33.3. The summed E-state index contributed by atoms with van der Waals surface area (Å²) in [7, 11) is 1.78. The molecule has 3 nitrogen and oxygen atoms in total. The van der Waals surface area contributed by atoms with Gasteiger partial charge in [0, 0.05) is 19.3 Å². The van der Waals surface area contributed by atoms with Crippen molar-refractivity contribution < 1.29 is 9.84 Å². The van der Waals surface area contributed by atoms with Gasteiger partial charge >= 0.3 is 0 Å². The highest BCUT2D eigenvalue weighted by molar-refractivity contribution is 5.39. The molecule has 2 aliphatic rings. The Bertz CT molecular complexity index is 508. The number of methoxy groups -OCH3 is 1. The van der Waals surface area contributed by atoms with E-state index >= 15 is 0 Å². The molecule has 1 unspecified atom stereocenters. The van der Waals surface area contributed by atoms with Crippen LogP contribution in [0.4, 0.5) is 0 Å². The van der Waals surface area contributed by atoms with Gasteiger partial charge < -0.3 is 15.6 Å². The van der Waals surface area contributed by atoms with Crippen LogP contribution in [0.5, 0.6) is 0 Å². The fraction of sp³-hybridized carbons (Fsp3) is 0.727. The predicted octanol–water partition coefficient (Wildman–Crippen LogP) is 4.52.